The zero-order valence-electron chi connectivity index (χ0n) is 27.7. The van der Waals surface area contributed by atoms with Crippen LogP contribution in [0.3, 0.4) is 0 Å². The number of aliphatic hydroxyl groups is 1. The maximum atomic E-state index is 14.3. The van der Waals surface area contributed by atoms with Gasteiger partial charge in [0, 0.05) is 22.9 Å². The molecule has 1 heterocycles. The van der Waals surface area contributed by atoms with E-state index in [-0.39, 0.29) is 37.5 Å². The van der Waals surface area contributed by atoms with E-state index in [1.807, 2.05) is 48.5 Å². The van der Waals surface area contributed by atoms with Gasteiger partial charge in [-0.2, -0.15) is 0 Å². The number of halogens is 1. The third-order valence-corrected chi connectivity index (χ3v) is 11.8. The van der Waals surface area contributed by atoms with Crippen LogP contribution in [0, 0.1) is 17.8 Å². The van der Waals surface area contributed by atoms with Crippen LogP contribution in [0.15, 0.2) is 54.6 Å². The van der Waals surface area contributed by atoms with E-state index >= 15 is 0 Å². The molecule has 13 heteroatoms. The molecule has 6 atom stereocenters. The van der Waals surface area contributed by atoms with E-state index < -0.39 is 49.4 Å². The van der Waals surface area contributed by atoms with E-state index in [9.17, 15) is 24.1 Å². The number of carbonyl (C=O) groups excluding carboxylic acids is 3. The molecule has 1 saturated heterocycles. The fourth-order valence-corrected chi connectivity index (χ4v) is 9.09. The van der Waals surface area contributed by atoms with Crippen LogP contribution < -0.4 is 16.4 Å². The Hall–Kier alpha value is -2.95. The molecule has 0 radical (unpaired) electrons. The first-order valence-corrected chi connectivity index (χ1v) is 18.9. The first-order valence-electron chi connectivity index (χ1n) is 16.9. The SMILES string of the molecule is CCOP(=O)(OCC)C(O)C(CC1CC(Cc2ccccc2)NC1=O)NC(=O)C(OC(N)=O)C(Cc1cccc(Cl)c1)C1CCCCC1. The van der Waals surface area contributed by atoms with Gasteiger partial charge in [-0.05, 0) is 68.7 Å². The number of amides is 3. The molecule has 0 bridgehead atoms. The summed E-state index contributed by atoms with van der Waals surface area (Å²) in [6, 6.07) is 15.6. The summed E-state index contributed by atoms with van der Waals surface area (Å²) in [6.07, 6.45) is 3.59. The minimum Gasteiger partial charge on any atom is -0.436 e. The molecule has 2 aromatic carbocycles. The maximum Gasteiger partial charge on any atom is 0.405 e. The van der Waals surface area contributed by atoms with E-state index in [0.29, 0.717) is 24.3 Å². The van der Waals surface area contributed by atoms with E-state index in [2.05, 4.69) is 10.6 Å². The number of nitrogens with two attached hydrogens (primary N) is 1. The Morgan fingerprint density at radius 1 is 1.04 bits per heavy atom. The van der Waals surface area contributed by atoms with Crippen molar-refractivity contribution in [3.63, 3.8) is 0 Å². The molecule has 3 amide bonds. The van der Waals surface area contributed by atoms with Gasteiger partial charge in [0.05, 0.1) is 19.3 Å². The number of hydrogen-bond donors (Lipinski definition) is 4. The number of hydrogen-bond acceptors (Lipinski definition) is 8. The Morgan fingerprint density at radius 2 is 1.71 bits per heavy atom. The fourth-order valence-electron chi connectivity index (χ4n) is 7.14. The predicted octanol–water partition coefficient (Wildman–Crippen LogP) is 5.75. The highest BCUT2D eigenvalue weighted by molar-refractivity contribution is 7.54. The van der Waals surface area contributed by atoms with Gasteiger partial charge in [-0.1, -0.05) is 86.2 Å². The lowest BCUT2D eigenvalue weighted by molar-refractivity contribution is -0.135. The van der Waals surface area contributed by atoms with E-state index in [1.165, 1.54) is 0 Å². The van der Waals surface area contributed by atoms with Crippen molar-refractivity contribution in [2.24, 2.45) is 23.5 Å². The summed E-state index contributed by atoms with van der Waals surface area (Å²) in [4.78, 5) is 39.8. The number of rotatable bonds is 17. The quantitative estimate of drug-likeness (QED) is 0.151. The molecule has 2 aromatic rings. The Labute approximate surface area is 288 Å². The van der Waals surface area contributed by atoms with Crippen LogP contribution in [0.5, 0.6) is 0 Å². The zero-order valence-corrected chi connectivity index (χ0v) is 29.4. The Morgan fingerprint density at radius 3 is 2.33 bits per heavy atom. The van der Waals surface area contributed by atoms with Crippen LogP contribution >= 0.6 is 19.2 Å². The molecular formula is C35H49ClN3O8P. The molecule has 2 fully saturated rings. The van der Waals surface area contributed by atoms with Gasteiger partial charge in [0.15, 0.2) is 11.9 Å². The third kappa shape index (κ3) is 10.5. The van der Waals surface area contributed by atoms with Crippen LogP contribution in [0.2, 0.25) is 5.02 Å². The number of aliphatic hydroxyl groups excluding tert-OH is 1. The molecule has 1 aliphatic heterocycles. The van der Waals surface area contributed by atoms with Crippen molar-refractivity contribution in [2.75, 3.05) is 13.2 Å². The molecule has 6 unspecified atom stereocenters. The highest BCUT2D eigenvalue weighted by Gasteiger charge is 2.46. The first kappa shape index (κ1) is 37.9. The molecule has 5 N–H and O–H groups in total. The minimum absolute atomic E-state index is 0.0190. The minimum atomic E-state index is -4.18. The molecule has 11 nitrogen and oxygen atoms in total. The van der Waals surface area contributed by atoms with Crippen LogP contribution in [0.1, 0.15) is 69.9 Å². The second-order valence-corrected chi connectivity index (χ2v) is 15.3. The molecule has 4 rings (SSSR count). The molecule has 48 heavy (non-hydrogen) atoms. The van der Waals surface area contributed by atoms with Crippen LogP contribution in [0.4, 0.5) is 4.79 Å². The highest BCUT2D eigenvalue weighted by Crippen LogP contribution is 2.54. The standard InChI is InChI=1S/C35H49ClN3O8P/c1-3-45-48(44,46-4-2)34(42)30(22-26-21-28(38-32(26)40)19-23-12-7-5-8-13-23)39-33(41)31(47-35(37)43)29(25-15-9-6-10-16-25)20-24-14-11-17-27(36)18-24/h5,7-8,11-14,17-18,25-26,28-31,34,42H,3-4,6,9-10,15-16,19-22H2,1-2H3,(H2,37,43)(H,38,40)(H,39,41). The van der Waals surface area contributed by atoms with Crippen molar-refractivity contribution in [2.45, 2.75) is 95.7 Å². The second kappa shape index (κ2) is 18.2. The Balaban J connectivity index is 1.63. The van der Waals surface area contributed by atoms with E-state index in [1.54, 1.807) is 19.9 Å². The van der Waals surface area contributed by atoms with Gasteiger partial charge in [-0.15, -0.1) is 0 Å². The first-order chi connectivity index (χ1) is 23.0. The molecule has 1 saturated carbocycles. The lowest BCUT2D eigenvalue weighted by Crippen LogP contribution is -2.53. The summed E-state index contributed by atoms with van der Waals surface area (Å²) >= 11 is 6.29. The summed E-state index contributed by atoms with van der Waals surface area (Å²) in [5, 5.41) is 18.0. The van der Waals surface area contributed by atoms with Crippen LogP contribution in [-0.4, -0.2) is 60.3 Å². The summed E-state index contributed by atoms with van der Waals surface area (Å²) in [6.45, 7) is 3.20. The van der Waals surface area contributed by atoms with Crippen LogP contribution in [-0.2, 0) is 40.8 Å². The van der Waals surface area contributed by atoms with Gasteiger partial charge in [-0.25, -0.2) is 4.79 Å². The topological polar surface area (TPSA) is 166 Å². The predicted molar refractivity (Wildman–Crippen MR) is 183 cm³/mol. The van der Waals surface area contributed by atoms with Crippen molar-refractivity contribution in [3.05, 3.63) is 70.7 Å². The maximum absolute atomic E-state index is 14.3. The summed E-state index contributed by atoms with van der Waals surface area (Å²) in [5.74, 6) is -3.81. The monoisotopic (exact) mass is 705 g/mol. The third-order valence-electron chi connectivity index (χ3n) is 9.29. The van der Waals surface area contributed by atoms with Gasteiger partial charge in [0.25, 0.3) is 5.91 Å². The average Bonchev–Trinajstić information content (AvgIpc) is 3.40. The number of primary amides is 1. The number of ether oxygens (including phenoxy) is 1. The summed E-state index contributed by atoms with van der Waals surface area (Å²) in [7, 11) is -4.18. The molecule has 0 aromatic heterocycles. The molecule has 264 valence electrons. The number of carbonyl (C=O) groups is 3. The van der Waals surface area contributed by atoms with Crippen molar-refractivity contribution in [3.8, 4) is 0 Å². The van der Waals surface area contributed by atoms with E-state index in [0.717, 1.165) is 43.2 Å². The average molecular weight is 706 g/mol. The lowest BCUT2D eigenvalue weighted by Gasteiger charge is -2.36. The van der Waals surface area contributed by atoms with Crippen molar-refractivity contribution < 1.29 is 37.8 Å². The van der Waals surface area contributed by atoms with Gasteiger partial charge >= 0.3 is 13.7 Å². The highest BCUT2D eigenvalue weighted by atomic mass is 35.5. The normalized spacial score (nSPS) is 21.1. The largest absolute Gasteiger partial charge is 0.436 e. The van der Waals surface area contributed by atoms with Gasteiger partial charge < -0.3 is 35.3 Å². The lowest BCUT2D eigenvalue weighted by atomic mass is 9.74. The van der Waals surface area contributed by atoms with Gasteiger partial charge in [0.1, 0.15) is 0 Å². The Kier molecular flexibility index (Phi) is 14.3. The fraction of sp³-hybridized carbons (Fsp3) is 0.571. The van der Waals surface area contributed by atoms with E-state index in [4.69, 9.17) is 31.1 Å². The zero-order chi connectivity index (χ0) is 34.7. The summed E-state index contributed by atoms with van der Waals surface area (Å²) < 4.78 is 30.3. The number of nitrogens with one attached hydrogen (secondary N) is 2. The van der Waals surface area contributed by atoms with Crippen molar-refractivity contribution in [1.29, 1.82) is 0 Å². The van der Waals surface area contributed by atoms with Crippen LogP contribution in [0.25, 0.3) is 0 Å². The molecule has 2 aliphatic rings. The number of benzene rings is 2. The van der Waals surface area contributed by atoms with Gasteiger partial charge in [0.2, 0.25) is 5.91 Å². The second-order valence-electron chi connectivity index (χ2n) is 12.7. The smallest absolute Gasteiger partial charge is 0.405 e. The Bertz CT molecular complexity index is 1400. The van der Waals surface area contributed by atoms with Crippen molar-refractivity contribution >= 4 is 37.1 Å². The molecular weight excluding hydrogens is 657 g/mol. The summed E-state index contributed by atoms with van der Waals surface area (Å²) in [5.41, 5.74) is 7.46. The molecule has 1 aliphatic carbocycles. The van der Waals surface area contributed by atoms with Gasteiger partial charge in [-0.3, -0.25) is 14.2 Å². The van der Waals surface area contributed by atoms with Crippen molar-refractivity contribution in [1.82, 2.24) is 10.6 Å². The molecule has 0 spiro atoms.